The molecule has 2 aromatic rings. The Bertz CT molecular complexity index is 1060. The number of nitrogens with zero attached hydrogens (tertiary/aromatic N) is 2. The minimum Gasteiger partial charge on any atom is -0.454 e. The fourth-order valence-corrected chi connectivity index (χ4v) is 4.77. The van der Waals surface area contributed by atoms with E-state index in [2.05, 4.69) is 36.5 Å². The molecular formula is C23H29F3N4O3. The Hall–Kier alpha value is -2.91. The lowest BCUT2D eigenvalue weighted by Gasteiger charge is -2.33. The molecule has 0 saturated carbocycles. The number of anilines is 1. The van der Waals surface area contributed by atoms with Crippen molar-refractivity contribution in [3.63, 3.8) is 0 Å². The molecule has 7 nitrogen and oxygen atoms in total. The number of hydrogen-bond donors (Lipinski definition) is 2. The molecule has 0 bridgehead atoms. The first kappa shape index (κ1) is 23.3. The van der Waals surface area contributed by atoms with Crippen molar-refractivity contribution < 1.29 is 27.4 Å². The lowest BCUT2D eigenvalue weighted by molar-refractivity contribution is -0.173. The molecule has 0 saturated heterocycles. The summed E-state index contributed by atoms with van der Waals surface area (Å²) in [5.41, 5.74) is -0.00519. The van der Waals surface area contributed by atoms with Crippen molar-refractivity contribution in [2.24, 2.45) is 5.41 Å². The van der Waals surface area contributed by atoms with Crippen LogP contribution < -0.4 is 20.1 Å². The van der Waals surface area contributed by atoms with Crippen LogP contribution in [-0.4, -0.2) is 34.2 Å². The zero-order valence-corrected chi connectivity index (χ0v) is 19.3. The maximum absolute atomic E-state index is 14.0. The second kappa shape index (κ2) is 7.85. The Morgan fingerprint density at radius 2 is 1.85 bits per heavy atom. The van der Waals surface area contributed by atoms with Gasteiger partial charge >= 0.3 is 6.18 Å². The SMILES string of the molecule is CC(C)(C)CC(C)(C)NC(=O)c1cc2n(n1)[C@@H](C(F)(F)F)C[C@H](c1ccc3c(c1)OCO3)N2. The van der Waals surface area contributed by atoms with E-state index in [-0.39, 0.29) is 30.1 Å². The quantitative estimate of drug-likeness (QED) is 0.646. The maximum atomic E-state index is 14.0. The molecule has 10 heteroatoms. The fourth-order valence-electron chi connectivity index (χ4n) is 4.77. The van der Waals surface area contributed by atoms with Gasteiger partial charge in [0.25, 0.3) is 5.91 Å². The number of amides is 1. The van der Waals surface area contributed by atoms with Crippen molar-refractivity contribution >= 4 is 11.7 Å². The molecule has 2 aliphatic rings. The summed E-state index contributed by atoms with van der Waals surface area (Å²) >= 11 is 0. The van der Waals surface area contributed by atoms with Crippen LogP contribution in [0.2, 0.25) is 0 Å². The van der Waals surface area contributed by atoms with Crippen LogP contribution in [0.4, 0.5) is 19.0 Å². The highest BCUT2D eigenvalue weighted by atomic mass is 19.4. The third kappa shape index (κ3) is 5.04. The molecule has 2 aliphatic heterocycles. The summed E-state index contributed by atoms with van der Waals surface area (Å²) in [6.07, 6.45) is -4.11. The number of carbonyl (C=O) groups is 1. The number of carbonyl (C=O) groups excluding carboxylic acids is 1. The maximum Gasteiger partial charge on any atom is 0.410 e. The average molecular weight is 467 g/mol. The van der Waals surface area contributed by atoms with E-state index in [1.165, 1.54) is 6.07 Å². The predicted octanol–water partition coefficient (Wildman–Crippen LogP) is 5.22. The zero-order chi connectivity index (χ0) is 24.2. The Morgan fingerprint density at radius 1 is 1.15 bits per heavy atom. The minimum absolute atomic E-state index is 0.0367. The van der Waals surface area contributed by atoms with Gasteiger partial charge in [-0.05, 0) is 43.4 Å². The molecule has 2 atom stereocenters. The largest absolute Gasteiger partial charge is 0.454 e. The van der Waals surface area contributed by atoms with Crippen molar-refractivity contribution in [2.45, 2.75) is 71.3 Å². The van der Waals surface area contributed by atoms with Gasteiger partial charge in [0.1, 0.15) is 5.82 Å². The number of aromatic nitrogens is 2. The summed E-state index contributed by atoms with van der Waals surface area (Å²) in [7, 11) is 0. The van der Waals surface area contributed by atoms with Crippen LogP contribution in [0.25, 0.3) is 0 Å². The molecule has 4 rings (SSSR count). The Labute approximate surface area is 190 Å². The number of fused-ring (bicyclic) bond motifs is 2. The minimum atomic E-state index is -4.53. The average Bonchev–Trinajstić information content (AvgIpc) is 3.29. The van der Waals surface area contributed by atoms with E-state index in [0.717, 1.165) is 4.68 Å². The standard InChI is InChI=1S/C23H29F3N4O3/c1-21(2,3)11-22(4,5)28-20(31)15-10-19-27-14(9-18(23(24,25)26)30(19)29-15)13-6-7-16-17(8-13)33-12-32-16/h6-8,10,14,18,27H,9,11-12H2,1-5H3,(H,28,31)/t14-,18-/m1/s1. The number of ether oxygens (including phenoxy) is 2. The molecule has 1 amide bonds. The molecule has 2 N–H and O–H groups in total. The van der Waals surface area contributed by atoms with Crippen molar-refractivity contribution in [3.05, 3.63) is 35.5 Å². The number of alkyl halides is 3. The molecule has 0 spiro atoms. The van der Waals surface area contributed by atoms with Crippen molar-refractivity contribution in [3.8, 4) is 11.5 Å². The van der Waals surface area contributed by atoms with Gasteiger partial charge in [-0.15, -0.1) is 0 Å². The van der Waals surface area contributed by atoms with E-state index < -0.39 is 29.7 Å². The number of benzene rings is 1. The topological polar surface area (TPSA) is 77.4 Å². The Balaban J connectivity index is 1.61. The van der Waals surface area contributed by atoms with Crippen LogP contribution in [0.5, 0.6) is 11.5 Å². The van der Waals surface area contributed by atoms with Gasteiger partial charge in [0.15, 0.2) is 23.2 Å². The normalized spacial score (nSPS) is 20.2. The van der Waals surface area contributed by atoms with Gasteiger partial charge in [0.2, 0.25) is 6.79 Å². The van der Waals surface area contributed by atoms with E-state index in [9.17, 15) is 18.0 Å². The van der Waals surface area contributed by atoms with Crippen molar-refractivity contribution in [1.82, 2.24) is 15.1 Å². The molecule has 0 aliphatic carbocycles. The number of hydrogen-bond acceptors (Lipinski definition) is 5. The summed E-state index contributed by atoms with van der Waals surface area (Å²) in [4.78, 5) is 12.9. The molecule has 0 fully saturated rings. The summed E-state index contributed by atoms with van der Waals surface area (Å²) in [5.74, 6) is 0.695. The third-order valence-corrected chi connectivity index (χ3v) is 5.65. The highest BCUT2D eigenvalue weighted by Crippen LogP contribution is 2.45. The summed E-state index contributed by atoms with van der Waals surface area (Å²) in [6.45, 7) is 10.0. The van der Waals surface area contributed by atoms with Crippen LogP contribution in [0.15, 0.2) is 24.3 Å². The zero-order valence-electron chi connectivity index (χ0n) is 19.3. The Kier molecular flexibility index (Phi) is 5.53. The van der Waals surface area contributed by atoms with Crippen LogP contribution in [0.1, 0.15) is 75.6 Å². The highest BCUT2D eigenvalue weighted by molar-refractivity contribution is 5.93. The van der Waals surface area contributed by atoms with Gasteiger partial charge in [-0.2, -0.15) is 18.3 Å². The van der Waals surface area contributed by atoms with Gasteiger partial charge in [-0.1, -0.05) is 26.8 Å². The molecule has 1 aromatic heterocycles. The smallest absolute Gasteiger partial charge is 0.410 e. The van der Waals surface area contributed by atoms with Gasteiger partial charge in [0.05, 0.1) is 6.04 Å². The molecular weight excluding hydrogens is 437 g/mol. The summed E-state index contributed by atoms with van der Waals surface area (Å²) in [6, 6.07) is 3.96. The molecule has 3 heterocycles. The predicted molar refractivity (Wildman–Crippen MR) is 116 cm³/mol. The van der Waals surface area contributed by atoms with Gasteiger partial charge < -0.3 is 20.1 Å². The molecule has 1 aromatic carbocycles. The Morgan fingerprint density at radius 3 is 2.52 bits per heavy atom. The number of rotatable bonds is 4. The molecule has 0 unspecified atom stereocenters. The van der Waals surface area contributed by atoms with Crippen LogP contribution in [-0.2, 0) is 0 Å². The summed E-state index contributed by atoms with van der Waals surface area (Å²) < 4.78 is 53.4. The first-order chi connectivity index (χ1) is 15.2. The number of halogens is 3. The van der Waals surface area contributed by atoms with Crippen molar-refractivity contribution in [2.75, 3.05) is 12.1 Å². The monoisotopic (exact) mass is 466 g/mol. The van der Waals surface area contributed by atoms with Crippen LogP contribution >= 0.6 is 0 Å². The first-order valence-corrected chi connectivity index (χ1v) is 10.9. The second-order valence-electron chi connectivity index (χ2n) is 10.5. The van der Waals surface area contributed by atoms with Gasteiger partial charge in [-0.25, -0.2) is 4.68 Å². The molecule has 180 valence electrons. The summed E-state index contributed by atoms with van der Waals surface area (Å²) in [5, 5.41) is 10.1. The van der Waals surface area contributed by atoms with Gasteiger partial charge in [-0.3, -0.25) is 4.79 Å². The number of nitrogens with one attached hydrogen (secondary N) is 2. The molecule has 33 heavy (non-hydrogen) atoms. The van der Waals surface area contributed by atoms with E-state index in [1.807, 2.05) is 13.8 Å². The molecule has 0 radical (unpaired) electrons. The van der Waals surface area contributed by atoms with Crippen molar-refractivity contribution in [1.29, 1.82) is 0 Å². The first-order valence-electron chi connectivity index (χ1n) is 10.9. The van der Waals surface area contributed by atoms with Crippen LogP contribution in [0, 0.1) is 5.41 Å². The highest BCUT2D eigenvalue weighted by Gasteiger charge is 2.47. The van der Waals surface area contributed by atoms with E-state index in [1.54, 1.807) is 18.2 Å². The lowest BCUT2D eigenvalue weighted by Crippen LogP contribution is -2.46. The van der Waals surface area contributed by atoms with E-state index in [0.29, 0.717) is 23.5 Å². The van der Waals surface area contributed by atoms with Gasteiger partial charge in [0, 0.05) is 18.0 Å². The fraction of sp³-hybridized carbons (Fsp3) is 0.565. The van der Waals surface area contributed by atoms with Crippen LogP contribution in [0.3, 0.4) is 0 Å². The second-order valence-corrected chi connectivity index (χ2v) is 10.5. The van der Waals surface area contributed by atoms with E-state index >= 15 is 0 Å². The lowest BCUT2D eigenvalue weighted by atomic mass is 9.82. The van der Waals surface area contributed by atoms with E-state index in [4.69, 9.17) is 9.47 Å². The third-order valence-electron chi connectivity index (χ3n) is 5.65.